The zero-order valence-corrected chi connectivity index (χ0v) is 22.2. The Kier molecular flexibility index (Phi) is 9.83. The van der Waals surface area contributed by atoms with E-state index in [-0.39, 0.29) is 24.0 Å². The van der Waals surface area contributed by atoms with Gasteiger partial charge >= 0.3 is 0 Å². The molecule has 0 spiro atoms. The van der Waals surface area contributed by atoms with E-state index in [1.165, 1.54) is 0 Å². The first-order valence-electron chi connectivity index (χ1n) is 13.4. The first kappa shape index (κ1) is 28.3. The number of amides is 4. The summed E-state index contributed by atoms with van der Waals surface area (Å²) in [5.41, 5.74) is -0.414. The Hall–Kier alpha value is -3.23. The molecule has 202 valence electrons. The summed E-state index contributed by atoms with van der Waals surface area (Å²) in [5, 5.41) is 8.49. The Morgan fingerprint density at radius 3 is 2.41 bits per heavy atom. The predicted molar refractivity (Wildman–Crippen MR) is 139 cm³/mol. The van der Waals surface area contributed by atoms with Gasteiger partial charge in [0.25, 0.3) is 0 Å². The second-order valence-electron chi connectivity index (χ2n) is 10.6. The molecule has 0 radical (unpaired) electrons. The van der Waals surface area contributed by atoms with Crippen molar-refractivity contribution in [2.75, 3.05) is 6.54 Å². The number of ketones is 1. The summed E-state index contributed by atoms with van der Waals surface area (Å²) in [4.78, 5) is 66.6. The van der Waals surface area contributed by atoms with E-state index in [9.17, 15) is 24.0 Å². The molecular formula is C28H40N4O5. The van der Waals surface area contributed by atoms with Crippen molar-refractivity contribution < 1.29 is 24.0 Å². The lowest BCUT2D eigenvalue weighted by Gasteiger charge is -2.34. The minimum atomic E-state index is -1.30. The number of hydrogen-bond acceptors (Lipinski definition) is 5. The number of unbranched alkanes of at least 4 members (excludes halogenated alkanes) is 2. The normalized spacial score (nSPS) is 24.3. The van der Waals surface area contributed by atoms with Crippen molar-refractivity contribution in [1.82, 2.24) is 20.9 Å². The van der Waals surface area contributed by atoms with Crippen molar-refractivity contribution in [3.63, 3.8) is 0 Å². The molecule has 0 unspecified atom stereocenters. The Labute approximate surface area is 219 Å². The highest BCUT2D eigenvalue weighted by molar-refractivity contribution is 5.99. The molecule has 3 rings (SSSR count). The molecule has 2 aliphatic heterocycles. The Morgan fingerprint density at radius 1 is 0.973 bits per heavy atom. The van der Waals surface area contributed by atoms with Gasteiger partial charge in [-0.25, -0.2) is 0 Å². The maximum absolute atomic E-state index is 13.6. The molecule has 1 aromatic carbocycles. The lowest BCUT2D eigenvalue weighted by atomic mass is 9.98. The fraction of sp³-hybridized carbons (Fsp3) is 0.607. The molecule has 0 aliphatic carbocycles. The van der Waals surface area contributed by atoms with Crippen molar-refractivity contribution in [3.8, 4) is 0 Å². The van der Waals surface area contributed by atoms with Gasteiger partial charge in [0.1, 0.15) is 29.4 Å². The van der Waals surface area contributed by atoms with E-state index in [1.807, 2.05) is 37.3 Å². The largest absolute Gasteiger partial charge is 0.343 e. The average molecular weight is 513 g/mol. The molecule has 9 heteroatoms. The number of benzene rings is 1. The predicted octanol–water partition coefficient (Wildman–Crippen LogP) is 2.03. The Morgan fingerprint density at radius 2 is 1.70 bits per heavy atom. The third-order valence-corrected chi connectivity index (χ3v) is 7.20. The minimum Gasteiger partial charge on any atom is -0.343 e. The first-order valence-corrected chi connectivity index (χ1v) is 13.4. The quantitative estimate of drug-likeness (QED) is 0.437. The number of fused-ring (bicyclic) bond motifs is 1. The van der Waals surface area contributed by atoms with Crippen molar-refractivity contribution in [1.29, 1.82) is 0 Å². The van der Waals surface area contributed by atoms with Crippen LogP contribution >= 0.6 is 0 Å². The molecule has 2 fully saturated rings. The van der Waals surface area contributed by atoms with Crippen molar-refractivity contribution in [2.24, 2.45) is 0 Å². The van der Waals surface area contributed by atoms with Crippen molar-refractivity contribution >= 4 is 29.4 Å². The highest BCUT2D eigenvalue weighted by Crippen LogP contribution is 2.21. The van der Waals surface area contributed by atoms with Gasteiger partial charge in [-0.05, 0) is 45.1 Å². The smallest absolute Gasteiger partial charge is 0.246 e. The molecule has 3 N–H and O–H groups in total. The molecule has 3 atom stereocenters. The molecule has 9 nitrogen and oxygen atoms in total. The van der Waals surface area contributed by atoms with E-state index in [0.29, 0.717) is 45.1 Å². The van der Waals surface area contributed by atoms with Crippen LogP contribution in [0, 0.1) is 0 Å². The summed E-state index contributed by atoms with van der Waals surface area (Å²) in [7, 11) is 0. The molecule has 2 saturated heterocycles. The number of rotatable bonds is 9. The van der Waals surface area contributed by atoms with Gasteiger partial charge in [0, 0.05) is 25.8 Å². The van der Waals surface area contributed by atoms with Gasteiger partial charge in [-0.3, -0.25) is 24.0 Å². The highest BCUT2D eigenvalue weighted by atomic mass is 16.2. The SMILES string of the molecule is CCC(=O)CCCCC[C@@H]1NC(=O)[C@@H]2CCCN2C(=O)[C@H](Cc2ccccc2)NC(=O)C(C)(C)NC1=O. The van der Waals surface area contributed by atoms with Crippen LogP contribution in [0.5, 0.6) is 0 Å². The summed E-state index contributed by atoms with van der Waals surface area (Å²) in [6.45, 7) is 5.43. The maximum atomic E-state index is 13.6. The van der Waals surface area contributed by atoms with E-state index in [1.54, 1.807) is 18.7 Å². The van der Waals surface area contributed by atoms with Gasteiger partial charge in [-0.2, -0.15) is 0 Å². The molecule has 2 aliphatic rings. The molecule has 1 aromatic rings. The number of hydrogen-bond donors (Lipinski definition) is 3. The molecule has 0 saturated carbocycles. The van der Waals surface area contributed by atoms with Crippen LogP contribution in [0.2, 0.25) is 0 Å². The average Bonchev–Trinajstić information content (AvgIpc) is 3.36. The van der Waals surface area contributed by atoms with Crippen LogP contribution in [0.3, 0.4) is 0 Å². The number of Topliss-reactive ketones (excluding diaryl/α,β-unsaturated/α-hetero) is 1. The van der Waals surface area contributed by atoms with Gasteiger partial charge in [-0.15, -0.1) is 0 Å². The van der Waals surface area contributed by atoms with Gasteiger partial charge < -0.3 is 20.9 Å². The zero-order chi connectivity index (χ0) is 27.0. The summed E-state index contributed by atoms with van der Waals surface area (Å²) in [6, 6.07) is 7.01. The summed E-state index contributed by atoms with van der Waals surface area (Å²) in [6.07, 6.45) is 5.00. The number of nitrogens with zero attached hydrogens (tertiary/aromatic N) is 1. The minimum absolute atomic E-state index is 0.210. The van der Waals surface area contributed by atoms with Gasteiger partial charge in [0.2, 0.25) is 23.6 Å². The van der Waals surface area contributed by atoms with Crippen LogP contribution in [0.1, 0.15) is 77.7 Å². The first-order chi connectivity index (χ1) is 17.6. The molecule has 2 heterocycles. The molecule has 37 heavy (non-hydrogen) atoms. The topological polar surface area (TPSA) is 125 Å². The summed E-state index contributed by atoms with van der Waals surface area (Å²) < 4.78 is 0. The number of carbonyl (C=O) groups is 5. The van der Waals surface area contributed by atoms with Crippen LogP contribution in [0.25, 0.3) is 0 Å². The van der Waals surface area contributed by atoms with Crippen LogP contribution < -0.4 is 16.0 Å². The van der Waals surface area contributed by atoms with Crippen LogP contribution in [-0.2, 0) is 30.4 Å². The van der Waals surface area contributed by atoms with Crippen molar-refractivity contribution in [2.45, 2.75) is 102 Å². The second kappa shape index (κ2) is 12.8. The number of carbonyl (C=O) groups excluding carboxylic acids is 5. The van der Waals surface area contributed by atoms with E-state index in [2.05, 4.69) is 16.0 Å². The fourth-order valence-electron chi connectivity index (χ4n) is 4.90. The van der Waals surface area contributed by atoms with Gasteiger partial charge in [0.15, 0.2) is 0 Å². The van der Waals surface area contributed by atoms with E-state index in [4.69, 9.17) is 0 Å². The summed E-state index contributed by atoms with van der Waals surface area (Å²) >= 11 is 0. The Bertz CT molecular complexity index is 994. The lowest BCUT2D eigenvalue weighted by Crippen LogP contribution is -2.64. The van der Waals surface area contributed by atoms with Gasteiger partial charge in [-0.1, -0.05) is 50.1 Å². The van der Waals surface area contributed by atoms with Crippen LogP contribution in [-0.4, -0.2) is 64.5 Å². The Balaban J connectivity index is 1.80. The molecular weight excluding hydrogens is 472 g/mol. The standard InChI is InChI=1S/C28H40N4O5/c1-4-20(33)14-9-6-10-15-21-24(34)31-28(2,3)27(37)30-22(18-19-12-7-5-8-13-19)26(36)32-17-11-16-23(32)25(35)29-21/h5,7-8,12-13,21-23H,4,6,9-11,14-18H2,1-3H3,(H,29,35)(H,30,37)(H,31,34)/t21-,22-,23-/m0/s1. The van der Waals surface area contributed by atoms with Crippen LogP contribution in [0.15, 0.2) is 30.3 Å². The molecule has 4 amide bonds. The third kappa shape index (κ3) is 7.63. The molecule has 0 aromatic heterocycles. The lowest BCUT2D eigenvalue weighted by molar-refractivity contribution is -0.144. The van der Waals surface area contributed by atoms with E-state index in [0.717, 1.165) is 18.4 Å². The van der Waals surface area contributed by atoms with E-state index < -0.39 is 35.5 Å². The zero-order valence-electron chi connectivity index (χ0n) is 22.2. The van der Waals surface area contributed by atoms with Gasteiger partial charge in [0.05, 0.1) is 0 Å². The van der Waals surface area contributed by atoms with Crippen molar-refractivity contribution in [3.05, 3.63) is 35.9 Å². The monoisotopic (exact) mass is 512 g/mol. The number of nitrogens with one attached hydrogen (secondary N) is 3. The summed E-state index contributed by atoms with van der Waals surface area (Å²) in [5.74, 6) is -1.34. The second-order valence-corrected chi connectivity index (χ2v) is 10.6. The van der Waals surface area contributed by atoms with E-state index >= 15 is 0 Å². The highest BCUT2D eigenvalue weighted by Gasteiger charge is 2.42. The fourth-order valence-corrected chi connectivity index (χ4v) is 4.90. The van der Waals surface area contributed by atoms with Crippen LogP contribution in [0.4, 0.5) is 0 Å². The maximum Gasteiger partial charge on any atom is 0.246 e. The third-order valence-electron chi connectivity index (χ3n) is 7.20. The molecule has 0 bridgehead atoms.